The SMILES string of the molecule is CCCc1nc(CO)c([C@@H]2c3cc(OC)c(OC)cc3CC[C@H]2N)o1. The van der Waals surface area contributed by atoms with Gasteiger partial charge in [-0.2, -0.15) is 0 Å². The fourth-order valence-corrected chi connectivity index (χ4v) is 3.59. The summed E-state index contributed by atoms with van der Waals surface area (Å²) in [6.07, 6.45) is 3.39. The van der Waals surface area contributed by atoms with Crippen molar-refractivity contribution >= 4 is 0 Å². The van der Waals surface area contributed by atoms with Gasteiger partial charge in [-0.05, 0) is 42.5 Å². The van der Waals surface area contributed by atoms with Crippen LogP contribution < -0.4 is 15.2 Å². The van der Waals surface area contributed by atoms with Crippen molar-refractivity contribution in [2.24, 2.45) is 5.73 Å². The van der Waals surface area contributed by atoms with E-state index < -0.39 is 0 Å². The number of aryl methyl sites for hydroxylation is 2. The molecule has 0 amide bonds. The summed E-state index contributed by atoms with van der Waals surface area (Å²) in [6.45, 7) is 1.91. The molecule has 1 aromatic heterocycles. The van der Waals surface area contributed by atoms with Gasteiger partial charge >= 0.3 is 0 Å². The zero-order chi connectivity index (χ0) is 18.0. The number of hydrogen-bond donors (Lipinski definition) is 2. The summed E-state index contributed by atoms with van der Waals surface area (Å²) < 4.78 is 16.9. The molecule has 3 rings (SSSR count). The highest BCUT2D eigenvalue weighted by atomic mass is 16.5. The first kappa shape index (κ1) is 17.8. The van der Waals surface area contributed by atoms with E-state index in [1.165, 1.54) is 5.56 Å². The second-order valence-electron chi connectivity index (χ2n) is 6.41. The summed E-state index contributed by atoms with van der Waals surface area (Å²) in [6, 6.07) is 3.88. The summed E-state index contributed by atoms with van der Waals surface area (Å²) in [5, 5.41) is 9.74. The first-order valence-electron chi connectivity index (χ1n) is 8.72. The van der Waals surface area contributed by atoms with Crippen molar-refractivity contribution in [2.45, 2.75) is 51.2 Å². The number of methoxy groups -OCH3 is 2. The summed E-state index contributed by atoms with van der Waals surface area (Å²) in [5.74, 6) is 2.55. The number of hydrogen-bond acceptors (Lipinski definition) is 6. The lowest BCUT2D eigenvalue weighted by Crippen LogP contribution is -2.34. The predicted octanol–water partition coefficient (Wildman–Crippen LogP) is 2.54. The Morgan fingerprint density at radius 1 is 1.28 bits per heavy atom. The summed E-state index contributed by atoms with van der Waals surface area (Å²) in [7, 11) is 3.25. The topological polar surface area (TPSA) is 90.7 Å². The van der Waals surface area contributed by atoms with Crippen LogP contribution in [0.4, 0.5) is 0 Å². The molecule has 1 aliphatic carbocycles. The summed E-state index contributed by atoms with van der Waals surface area (Å²) >= 11 is 0. The average Bonchev–Trinajstić information content (AvgIpc) is 3.03. The maximum Gasteiger partial charge on any atom is 0.194 e. The lowest BCUT2D eigenvalue weighted by Gasteiger charge is -2.31. The number of rotatable bonds is 6. The minimum atomic E-state index is -0.158. The smallest absolute Gasteiger partial charge is 0.194 e. The third-order valence-corrected chi connectivity index (χ3v) is 4.82. The van der Waals surface area contributed by atoms with Gasteiger partial charge in [-0.15, -0.1) is 0 Å². The van der Waals surface area contributed by atoms with Gasteiger partial charge < -0.3 is 24.7 Å². The van der Waals surface area contributed by atoms with Crippen molar-refractivity contribution in [3.8, 4) is 11.5 Å². The third-order valence-electron chi connectivity index (χ3n) is 4.82. The van der Waals surface area contributed by atoms with Crippen LogP contribution in [0.15, 0.2) is 16.5 Å². The number of ether oxygens (including phenoxy) is 2. The van der Waals surface area contributed by atoms with Gasteiger partial charge in [0, 0.05) is 12.5 Å². The molecule has 0 saturated carbocycles. The van der Waals surface area contributed by atoms with Crippen LogP contribution in [0.2, 0.25) is 0 Å². The Kier molecular flexibility index (Phi) is 5.30. The van der Waals surface area contributed by atoms with Crippen LogP contribution in [0, 0.1) is 0 Å². The number of nitrogens with zero attached hydrogens (tertiary/aromatic N) is 1. The van der Waals surface area contributed by atoms with E-state index in [4.69, 9.17) is 19.6 Å². The number of oxazole rings is 1. The van der Waals surface area contributed by atoms with Gasteiger partial charge in [0.25, 0.3) is 0 Å². The first-order chi connectivity index (χ1) is 12.1. The summed E-state index contributed by atoms with van der Waals surface area (Å²) in [4.78, 5) is 4.45. The predicted molar refractivity (Wildman–Crippen MR) is 94.1 cm³/mol. The molecular weight excluding hydrogens is 320 g/mol. The van der Waals surface area contributed by atoms with Crippen molar-refractivity contribution in [3.63, 3.8) is 0 Å². The molecule has 0 unspecified atom stereocenters. The fourth-order valence-electron chi connectivity index (χ4n) is 3.59. The number of aliphatic hydroxyl groups is 1. The number of fused-ring (bicyclic) bond motifs is 1. The lowest BCUT2D eigenvalue weighted by molar-refractivity contribution is 0.272. The van der Waals surface area contributed by atoms with E-state index in [0.717, 1.165) is 31.2 Å². The number of aromatic nitrogens is 1. The molecule has 6 heteroatoms. The fraction of sp³-hybridized carbons (Fsp3) is 0.526. The van der Waals surface area contributed by atoms with E-state index in [1.54, 1.807) is 14.2 Å². The number of benzene rings is 1. The molecule has 136 valence electrons. The number of aliphatic hydroxyl groups excluding tert-OH is 1. The molecule has 0 radical (unpaired) electrons. The van der Waals surface area contributed by atoms with E-state index in [1.807, 2.05) is 12.1 Å². The normalized spacial score (nSPS) is 19.6. The Morgan fingerprint density at radius 3 is 2.64 bits per heavy atom. The van der Waals surface area contributed by atoms with Crippen LogP contribution in [0.5, 0.6) is 11.5 Å². The van der Waals surface area contributed by atoms with E-state index >= 15 is 0 Å². The molecule has 0 spiro atoms. The molecule has 6 nitrogen and oxygen atoms in total. The molecule has 1 heterocycles. The average molecular weight is 346 g/mol. The van der Waals surface area contributed by atoms with Crippen LogP contribution in [0.1, 0.15) is 54.2 Å². The molecule has 1 aliphatic rings. The summed E-state index contributed by atoms with van der Waals surface area (Å²) in [5.41, 5.74) is 9.26. The Balaban J connectivity index is 2.11. The van der Waals surface area contributed by atoms with Gasteiger partial charge in [0.1, 0.15) is 11.5 Å². The van der Waals surface area contributed by atoms with Crippen molar-refractivity contribution in [2.75, 3.05) is 14.2 Å². The second kappa shape index (κ2) is 7.45. The molecular formula is C19H26N2O4. The largest absolute Gasteiger partial charge is 0.493 e. The highest BCUT2D eigenvalue weighted by Crippen LogP contribution is 2.42. The van der Waals surface area contributed by atoms with Crippen molar-refractivity contribution < 1.29 is 19.0 Å². The molecule has 0 fully saturated rings. The number of nitrogens with two attached hydrogens (primary N) is 1. The molecule has 0 bridgehead atoms. The van der Waals surface area contributed by atoms with Gasteiger partial charge in [-0.3, -0.25) is 0 Å². The van der Waals surface area contributed by atoms with Crippen LogP contribution >= 0.6 is 0 Å². The van der Waals surface area contributed by atoms with Crippen LogP contribution in [0.25, 0.3) is 0 Å². The molecule has 2 atom stereocenters. The Bertz CT molecular complexity index is 741. The molecule has 0 saturated heterocycles. The zero-order valence-electron chi connectivity index (χ0n) is 15.0. The minimum absolute atomic E-state index is 0.0988. The maximum absolute atomic E-state index is 9.74. The van der Waals surface area contributed by atoms with E-state index in [9.17, 15) is 5.11 Å². The van der Waals surface area contributed by atoms with E-state index in [-0.39, 0.29) is 18.6 Å². The Hall–Kier alpha value is -2.05. The van der Waals surface area contributed by atoms with Gasteiger partial charge in [-0.1, -0.05) is 6.92 Å². The monoisotopic (exact) mass is 346 g/mol. The standard InChI is InChI=1S/C19H26N2O4/c1-4-5-17-21-14(10-22)19(25-17)18-12-9-16(24-3)15(23-2)8-11(12)6-7-13(18)20/h8-9,13,18,22H,4-7,10,20H2,1-3H3/t13-,18-/m1/s1. The first-order valence-corrected chi connectivity index (χ1v) is 8.72. The maximum atomic E-state index is 9.74. The zero-order valence-corrected chi connectivity index (χ0v) is 15.0. The van der Waals surface area contributed by atoms with Crippen LogP contribution in [-0.2, 0) is 19.4 Å². The Labute approximate surface area is 148 Å². The van der Waals surface area contributed by atoms with Crippen molar-refractivity contribution in [3.05, 3.63) is 40.6 Å². The molecule has 0 aliphatic heterocycles. The van der Waals surface area contributed by atoms with Gasteiger partial charge in [0.15, 0.2) is 17.4 Å². The van der Waals surface area contributed by atoms with Crippen LogP contribution in [0.3, 0.4) is 0 Å². The highest BCUT2D eigenvalue weighted by molar-refractivity contribution is 5.52. The van der Waals surface area contributed by atoms with Crippen molar-refractivity contribution in [1.29, 1.82) is 0 Å². The molecule has 1 aromatic carbocycles. The molecule has 3 N–H and O–H groups in total. The molecule has 2 aromatic rings. The quantitative estimate of drug-likeness (QED) is 0.835. The van der Waals surface area contributed by atoms with E-state index in [2.05, 4.69) is 11.9 Å². The van der Waals surface area contributed by atoms with Crippen LogP contribution in [-0.4, -0.2) is 30.4 Å². The van der Waals surface area contributed by atoms with Gasteiger partial charge in [0.05, 0.1) is 26.7 Å². The minimum Gasteiger partial charge on any atom is -0.493 e. The van der Waals surface area contributed by atoms with Gasteiger partial charge in [-0.25, -0.2) is 4.98 Å². The third kappa shape index (κ3) is 3.24. The van der Waals surface area contributed by atoms with E-state index in [0.29, 0.717) is 28.8 Å². The lowest BCUT2D eigenvalue weighted by atomic mass is 9.77. The highest BCUT2D eigenvalue weighted by Gasteiger charge is 2.34. The van der Waals surface area contributed by atoms with Crippen molar-refractivity contribution in [1.82, 2.24) is 4.98 Å². The molecule has 25 heavy (non-hydrogen) atoms. The second-order valence-corrected chi connectivity index (χ2v) is 6.41. The van der Waals surface area contributed by atoms with Gasteiger partial charge in [0.2, 0.25) is 0 Å². The Morgan fingerprint density at radius 2 is 2.00 bits per heavy atom.